The van der Waals surface area contributed by atoms with E-state index in [1.165, 1.54) is 0 Å². The maximum atomic E-state index is 10.3. The molecule has 0 aliphatic rings. The van der Waals surface area contributed by atoms with Crippen LogP contribution in [0.3, 0.4) is 0 Å². The Balaban J connectivity index is 2.84. The van der Waals surface area contributed by atoms with Gasteiger partial charge in [0.05, 0.1) is 0 Å². The van der Waals surface area contributed by atoms with Crippen molar-refractivity contribution < 1.29 is 0 Å². The van der Waals surface area contributed by atoms with Crippen molar-refractivity contribution in [1.82, 2.24) is 0 Å². The van der Waals surface area contributed by atoms with E-state index in [1.54, 1.807) is 24.3 Å². The molecular weight excluding hydrogens is 236 g/mol. The zero-order chi connectivity index (χ0) is 9.68. The molecule has 0 amide bonds. The molecule has 0 fully saturated rings. The summed E-state index contributed by atoms with van der Waals surface area (Å²) >= 11 is 3.26. The Kier molecular flexibility index (Phi) is 3.70. The number of nitrogens with zero attached hydrogens (tertiary/aromatic N) is 2. The van der Waals surface area contributed by atoms with Gasteiger partial charge in [-0.3, -0.25) is 0 Å². The van der Waals surface area contributed by atoms with Crippen molar-refractivity contribution in [2.75, 3.05) is 6.54 Å². The van der Waals surface area contributed by atoms with Gasteiger partial charge in [-0.1, -0.05) is 38.4 Å². The monoisotopic (exact) mass is 242 g/mol. The molecule has 5 heteroatoms. The van der Waals surface area contributed by atoms with Gasteiger partial charge in [0.25, 0.3) is 0 Å². The normalized spacial score (nSPS) is 12.1. The van der Waals surface area contributed by atoms with Gasteiger partial charge in [-0.15, -0.1) is 0 Å². The number of benzene rings is 1. The highest BCUT2D eigenvalue weighted by atomic mass is 79.9. The predicted octanol–water partition coefficient (Wildman–Crippen LogP) is 3.02. The van der Waals surface area contributed by atoms with Crippen molar-refractivity contribution in [3.8, 4) is 0 Å². The molecule has 1 atom stereocenters. The predicted molar refractivity (Wildman–Crippen MR) is 53.3 cm³/mol. The Morgan fingerprint density at radius 1 is 1.23 bits per heavy atom. The molecule has 0 N–H and O–H groups in total. The fourth-order valence-electron chi connectivity index (χ4n) is 0.955. The number of hydrogen-bond donors (Lipinski definition) is 0. The van der Waals surface area contributed by atoms with Gasteiger partial charge in [0, 0.05) is 4.47 Å². The van der Waals surface area contributed by atoms with E-state index >= 15 is 0 Å². The summed E-state index contributed by atoms with van der Waals surface area (Å²) in [5.41, 5.74) is 0.706. The lowest BCUT2D eigenvalue weighted by atomic mass is 10.1. The second kappa shape index (κ2) is 4.81. The van der Waals surface area contributed by atoms with Gasteiger partial charge in [0.1, 0.15) is 12.6 Å². The average Bonchev–Trinajstić information content (AvgIpc) is 2.16. The van der Waals surface area contributed by atoms with Crippen molar-refractivity contribution in [3.05, 3.63) is 44.1 Å². The highest BCUT2D eigenvalue weighted by Gasteiger charge is 2.10. The van der Waals surface area contributed by atoms with Crippen molar-refractivity contribution in [1.29, 1.82) is 0 Å². The van der Waals surface area contributed by atoms with E-state index in [0.29, 0.717) is 5.56 Å². The van der Waals surface area contributed by atoms with Crippen LogP contribution in [0.2, 0.25) is 0 Å². The molecule has 1 unspecified atom stereocenters. The molecule has 0 saturated heterocycles. The molecule has 1 rings (SSSR count). The minimum Gasteiger partial charge on any atom is -0.151 e. The lowest BCUT2D eigenvalue weighted by Crippen LogP contribution is -1.97. The van der Waals surface area contributed by atoms with Gasteiger partial charge in [-0.25, -0.2) is 0 Å². The van der Waals surface area contributed by atoms with Crippen LogP contribution >= 0.6 is 15.9 Å². The Morgan fingerprint density at radius 2 is 1.85 bits per heavy atom. The van der Waals surface area contributed by atoms with Crippen LogP contribution in [-0.2, 0) is 0 Å². The number of halogens is 1. The average molecular weight is 243 g/mol. The summed E-state index contributed by atoms with van der Waals surface area (Å²) in [5, 5.41) is 5.47. The highest BCUT2D eigenvalue weighted by molar-refractivity contribution is 9.10. The zero-order valence-electron chi connectivity index (χ0n) is 6.68. The fraction of sp³-hybridized carbons (Fsp3) is 0.250. The van der Waals surface area contributed by atoms with E-state index in [2.05, 4.69) is 26.3 Å². The number of rotatable bonds is 4. The minimum atomic E-state index is -0.661. The van der Waals surface area contributed by atoms with Crippen LogP contribution in [0.4, 0.5) is 0 Å². The minimum absolute atomic E-state index is 0.106. The maximum absolute atomic E-state index is 10.3. The summed E-state index contributed by atoms with van der Waals surface area (Å²) in [6.45, 7) is -0.106. The first-order valence-electron chi connectivity index (χ1n) is 3.65. The van der Waals surface area contributed by atoms with Gasteiger partial charge in [0.15, 0.2) is 0 Å². The van der Waals surface area contributed by atoms with E-state index in [4.69, 9.17) is 0 Å². The summed E-state index contributed by atoms with van der Waals surface area (Å²) in [6, 6.07) is 6.39. The Labute approximate surface area is 83.4 Å². The largest absolute Gasteiger partial charge is 0.151 e. The van der Waals surface area contributed by atoms with Gasteiger partial charge >= 0.3 is 0 Å². The lowest BCUT2D eigenvalue weighted by Gasteiger charge is -2.03. The summed E-state index contributed by atoms with van der Waals surface area (Å²) in [4.78, 5) is 20.3. The number of hydrogen-bond acceptors (Lipinski definition) is 4. The third-order valence-corrected chi connectivity index (χ3v) is 2.16. The molecule has 0 saturated carbocycles. The van der Waals surface area contributed by atoms with Crippen LogP contribution in [0.1, 0.15) is 11.6 Å². The van der Waals surface area contributed by atoms with Crippen molar-refractivity contribution in [2.24, 2.45) is 10.4 Å². The highest BCUT2D eigenvalue weighted by Crippen LogP contribution is 2.19. The van der Waals surface area contributed by atoms with E-state index in [-0.39, 0.29) is 6.54 Å². The van der Waals surface area contributed by atoms with Gasteiger partial charge in [0.2, 0.25) is 0 Å². The van der Waals surface area contributed by atoms with Crippen molar-refractivity contribution in [2.45, 2.75) is 6.04 Å². The second-order valence-electron chi connectivity index (χ2n) is 2.48. The molecule has 0 radical (unpaired) electrons. The first kappa shape index (κ1) is 9.98. The van der Waals surface area contributed by atoms with Gasteiger partial charge in [-0.05, 0) is 17.7 Å². The van der Waals surface area contributed by atoms with Crippen LogP contribution in [0, 0.1) is 9.81 Å². The summed E-state index contributed by atoms with van der Waals surface area (Å²) in [7, 11) is 0. The molecule has 0 bridgehead atoms. The van der Waals surface area contributed by atoms with Crippen molar-refractivity contribution >= 4 is 15.9 Å². The van der Waals surface area contributed by atoms with Crippen LogP contribution < -0.4 is 0 Å². The second-order valence-corrected chi connectivity index (χ2v) is 3.40. The Bertz CT molecular complexity index is 300. The Hall–Kier alpha value is -1.10. The molecule has 1 aromatic rings. The number of nitroso groups, excluding NO2 is 2. The third-order valence-electron chi connectivity index (χ3n) is 1.63. The SMILES string of the molecule is O=NCC(N=O)c1ccc(Br)cc1. The Morgan fingerprint density at radius 3 is 2.31 bits per heavy atom. The van der Waals surface area contributed by atoms with Crippen LogP contribution in [0.25, 0.3) is 0 Å². The molecule has 1 aromatic carbocycles. The van der Waals surface area contributed by atoms with E-state index in [1.807, 2.05) is 0 Å². The molecule has 0 aliphatic carbocycles. The van der Waals surface area contributed by atoms with Crippen molar-refractivity contribution in [3.63, 3.8) is 0 Å². The van der Waals surface area contributed by atoms with Gasteiger partial charge in [-0.2, -0.15) is 9.81 Å². The summed E-state index contributed by atoms with van der Waals surface area (Å²) in [5.74, 6) is 0. The molecule has 0 aliphatic heterocycles. The lowest BCUT2D eigenvalue weighted by molar-refractivity contribution is 0.731. The van der Waals surface area contributed by atoms with Crippen LogP contribution in [-0.4, -0.2) is 6.54 Å². The van der Waals surface area contributed by atoms with E-state index in [0.717, 1.165) is 4.47 Å². The topological polar surface area (TPSA) is 58.9 Å². The third kappa shape index (κ3) is 2.69. The molecule has 0 aromatic heterocycles. The molecule has 0 heterocycles. The molecular formula is C8H7BrN2O2. The molecule has 4 nitrogen and oxygen atoms in total. The van der Waals surface area contributed by atoms with Gasteiger partial charge < -0.3 is 0 Å². The summed E-state index contributed by atoms with van der Waals surface area (Å²) in [6.07, 6.45) is 0. The smallest absolute Gasteiger partial charge is 0.140 e. The molecule has 13 heavy (non-hydrogen) atoms. The van der Waals surface area contributed by atoms with Crippen LogP contribution in [0.5, 0.6) is 0 Å². The standard InChI is InChI=1S/C8H7BrN2O2/c9-7-3-1-6(2-4-7)8(11-13)5-10-12/h1-4,8H,5H2. The quantitative estimate of drug-likeness (QED) is 0.763. The van der Waals surface area contributed by atoms with E-state index < -0.39 is 6.04 Å². The molecule has 68 valence electrons. The zero-order valence-corrected chi connectivity index (χ0v) is 8.27. The first-order valence-corrected chi connectivity index (χ1v) is 4.44. The summed E-state index contributed by atoms with van der Waals surface area (Å²) < 4.78 is 0.917. The maximum Gasteiger partial charge on any atom is 0.140 e. The van der Waals surface area contributed by atoms with E-state index in [9.17, 15) is 9.81 Å². The fourth-order valence-corrected chi connectivity index (χ4v) is 1.22. The first-order chi connectivity index (χ1) is 6.27. The molecule has 0 spiro atoms. The van der Waals surface area contributed by atoms with Crippen LogP contribution in [0.15, 0.2) is 39.1 Å².